The van der Waals surface area contributed by atoms with Crippen molar-refractivity contribution in [2.45, 2.75) is 40.2 Å². The molecule has 1 rings (SSSR count). The average Bonchev–Trinajstić information content (AvgIpc) is 2.44. The van der Waals surface area contributed by atoms with Crippen LogP contribution in [-0.4, -0.2) is 13.1 Å². The van der Waals surface area contributed by atoms with Gasteiger partial charge in [-0.25, -0.2) is 4.39 Å². The lowest BCUT2D eigenvalue weighted by molar-refractivity contribution is 0.481. The second kappa shape index (κ2) is 7.85. The Hall–Kier alpha value is -0.610. The van der Waals surface area contributed by atoms with E-state index in [2.05, 4.69) is 41.6 Å². The minimum absolute atomic E-state index is 0.198. The molecule has 2 N–H and O–H groups in total. The SMILES string of the molecule is CCC(CC)CN(CC)c1ccc(CN)c(Br)c1F. The van der Waals surface area contributed by atoms with Crippen LogP contribution in [0.2, 0.25) is 0 Å². The lowest BCUT2D eigenvalue weighted by Crippen LogP contribution is -2.30. The number of benzene rings is 1. The number of nitrogens with zero attached hydrogens (tertiary/aromatic N) is 1. The number of hydrogen-bond acceptors (Lipinski definition) is 2. The quantitative estimate of drug-likeness (QED) is 0.807. The minimum atomic E-state index is -0.198. The molecule has 19 heavy (non-hydrogen) atoms. The van der Waals surface area contributed by atoms with E-state index < -0.39 is 0 Å². The van der Waals surface area contributed by atoms with Crippen LogP contribution in [0.1, 0.15) is 39.2 Å². The fourth-order valence-electron chi connectivity index (χ4n) is 2.24. The molecule has 4 heteroatoms. The lowest BCUT2D eigenvalue weighted by Gasteiger charge is -2.28. The van der Waals surface area contributed by atoms with Gasteiger partial charge >= 0.3 is 0 Å². The first-order chi connectivity index (χ1) is 9.08. The Labute approximate surface area is 124 Å². The van der Waals surface area contributed by atoms with E-state index in [0.29, 0.717) is 22.6 Å². The Bertz CT molecular complexity index is 405. The van der Waals surface area contributed by atoms with Crippen LogP contribution in [0.15, 0.2) is 16.6 Å². The first kappa shape index (κ1) is 16.4. The zero-order valence-electron chi connectivity index (χ0n) is 12.0. The Balaban J connectivity index is 3.02. The summed E-state index contributed by atoms with van der Waals surface area (Å²) in [6, 6.07) is 3.74. The van der Waals surface area contributed by atoms with Gasteiger partial charge in [0.05, 0.1) is 10.2 Å². The predicted octanol–water partition coefficient (Wildman–Crippen LogP) is 4.31. The van der Waals surface area contributed by atoms with Crippen molar-refractivity contribution in [2.24, 2.45) is 11.7 Å². The Kier molecular flexibility index (Phi) is 6.80. The molecule has 0 aromatic heterocycles. The second-order valence-electron chi connectivity index (χ2n) is 4.80. The third-order valence-corrected chi connectivity index (χ3v) is 4.57. The summed E-state index contributed by atoms with van der Waals surface area (Å²) >= 11 is 3.31. The van der Waals surface area contributed by atoms with Gasteiger partial charge in [0.1, 0.15) is 0 Å². The molecule has 0 aliphatic carbocycles. The van der Waals surface area contributed by atoms with Crippen LogP contribution in [0.3, 0.4) is 0 Å². The van der Waals surface area contributed by atoms with Crippen molar-refractivity contribution in [1.82, 2.24) is 0 Å². The first-order valence-electron chi connectivity index (χ1n) is 7.00. The summed E-state index contributed by atoms with van der Waals surface area (Å²) in [5, 5.41) is 0. The van der Waals surface area contributed by atoms with Crippen molar-refractivity contribution in [3.8, 4) is 0 Å². The molecular weight excluding hydrogens is 307 g/mol. The van der Waals surface area contributed by atoms with Gasteiger partial charge in [0.25, 0.3) is 0 Å². The summed E-state index contributed by atoms with van der Waals surface area (Å²) < 4.78 is 14.9. The van der Waals surface area contributed by atoms with Crippen LogP contribution in [-0.2, 0) is 6.54 Å². The molecule has 1 aromatic carbocycles. The van der Waals surface area contributed by atoms with Crippen molar-refractivity contribution in [3.05, 3.63) is 28.0 Å². The van der Waals surface area contributed by atoms with E-state index in [9.17, 15) is 4.39 Å². The number of hydrogen-bond donors (Lipinski definition) is 1. The summed E-state index contributed by atoms with van der Waals surface area (Å²) in [5.41, 5.74) is 7.06. The molecule has 0 atom stereocenters. The molecule has 0 aliphatic rings. The topological polar surface area (TPSA) is 29.3 Å². The normalized spacial score (nSPS) is 11.1. The largest absolute Gasteiger partial charge is 0.369 e. The molecule has 108 valence electrons. The van der Waals surface area contributed by atoms with Crippen LogP contribution < -0.4 is 10.6 Å². The number of rotatable bonds is 7. The monoisotopic (exact) mass is 330 g/mol. The highest BCUT2D eigenvalue weighted by Crippen LogP contribution is 2.30. The van der Waals surface area contributed by atoms with E-state index in [1.54, 1.807) is 0 Å². The van der Waals surface area contributed by atoms with Crippen molar-refractivity contribution >= 4 is 21.6 Å². The van der Waals surface area contributed by atoms with Gasteiger partial charge in [-0.05, 0) is 40.4 Å². The van der Waals surface area contributed by atoms with Gasteiger partial charge in [-0.2, -0.15) is 0 Å². The van der Waals surface area contributed by atoms with Gasteiger partial charge in [0.15, 0.2) is 5.82 Å². The van der Waals surface area contributed by atoms with Crippen molar-refractivity contribution in [3.63, 3.8) is 0 Å². The van der Waals surface area contributed by atoms with Crippen LogP contribution in [0.25, 0.3) is 0 Å². The lowest BCUT2D eigenvalue weighted by atomic mass is 10.0. The van der Waals surface area contributed by atoms with Gasteiger partial charge < -0.3 is 10.6 Å². The predicted molar refractivity (Wildman–Crippen MR) is 84.0 cm³/mol. The molecule has 0 saturated heterocycles. The number of halogens is 2. The Morgan fingerprint density at radius 3 is 2.37 bits per heavy atom. The summed E-state index contributed by atoms with van der Waals surface area (Å²) in [4.78, 5) is 2.11. The van der Waals surface area contributed by atoms with E-state index >= 15 is 0 Å². The highest BCUT2D eigenvalue weighted by Gasteiger charge is 2.17. The van der Waals surface area contributed by atoms with Crippen molar-refractivity contribution < 1.29 is 4.39 Å². The molecule has 0 spiro atoms. The molecule has 2 nitrogen and oxygen atoms in total. The average molecular weight is 331 g/mol. The third kappa shape index (κ3) is 3.93. The van der Waals surface area contributed by atoms with E-state index in [0.717, 1.165) is 31.5 Å². The van der Waals surface area contributed by atoms with E-state index in [1.165, 1.54) is 0 Å². The molecule has 0 amide bonds. The van der Waals surface area contributed by atoms with Crippen LogP contribution >= 0.6 is 15.9 Å². The molecule has 0 heterocycles. The molecule has 1 aromatic rings. The second-order valence-corrected chi connectivity index (χ2v) is 5.59. The fourth-order valence-corrected chi connectivity index (χ4v) is 2.73. The molecule has 0 saturated carbocycles. The van der Waals surface area contributed by atoms with Gasteiger partial charge in [-0.15, -0.1) is 0 Å². The molecular formula is C15H24BrFN2. The molecule has 0 bridgehead atoms. The van der Waals surface area contributed by atoms with Crippen molar-refractivity contribution in [2.75, 3.05) is 18.0 Å². The van der Waals surface area contributed by atoms with E-state index in [-0.39, 0.29) is 5.82 Å². The fraction of sp³-hybridized carbons (Fsp3) is 0.600. The van der Waals surface area contributed by atoms with Gasteiger partial charge in [0, 0.05) is 19.6 Å². The summed E-state index contributed by atoms with van der Waals surface area (Å²) in [7, 11) is 0. The van der Waals surface area contributed by atoms with Gasteiger partial charge in [0.2, 0.25) is 0 Å². The minimum Gasteiger partial charge on any atom is -0.369 e. The smallest absolute Gasteiger partial charge is 0.160 e. The molecule has 0 radical (unpaired) electrons. The highest BCUT2D eigenvalue weighted by atomic mass is 79.9. The standard InChI is InChI=1S/C15H24BrFN2/c1-4-11(5-2)10-19(6-3)13-8-7-12(9-18)14(16)15(13)17/h7-8,11H,4-6,9-10,18H2,1-3H3. The number of nitrogens with two attached hydrogens (primary N) is 1. The highest BCUT2D eigenvalue weighted by molar-refractivity contribution is 9.10. The van der Waals surface area contributed by atoms with Crippen LogP contribution in [0.4, 0.5) is 10.1 Å². The summed E-state index contributed by atoms with van der Waals surface area (Å²) in [6.07, 6.45) is 2.24. The number of anilines is 1. The maximum Gasteiger partial charge on any atom is 0.160 e. The van der Waals surface area contributed by atoms with Gasteiger partial charge in [-0.3, -0.25) is 0 Å². The Morgan fingerprint density at radius 2 is 1.89 bits per heavy atom. The zero-order chi connectivity index (χ0) is 14.4. The molecule has 0 fully saturated rings. The molecule has 0 aliphatic heterocycles. The van der Waals surface area contributed by atoms with E-state index in [4.69, 9.17) is 5.73 Å². The maximum atomic E-state index is 14.4. The summed E-state index contributed by atoms with van der Waals surface area (Å²) in [5.74, 6) is 0.406. The Morgan fingerprint density at radius 1 is 1.26 bits per heavy atom. The van der Waals surface area contributed by atoms with E-state index in [1.807, 2.05) is 12.1 Å². The van der Waals surface area contributed by atoms with Crippen molar-refractivity contribution in [1.29, 1.82) is 0 Å². The zero-order valence-corrected chi connectivity index (χ0v) is 13.6. The van der Waals surface area contributed by atoms with Gasteiger partial charge in [-0.1, -0.05) is 32.8 Å². The summed E-state index contributed by atoms with van der Waals surface area (Å²) in [6.45, 7) is 8.48. The third-order valence-electron chi connectivity index (χ3n) is 3.72. The van der Waals surface area contributed by atoms with Crippen LogP contribution in [0.5, 0.6) is 0 Å². The van der Waals surface area contributed by atoms with Crippen LogP contribution in [0, 0.1) is 11.7 Å². The maximum absolute atomic E-state index is 14.4. The first-order valence-corrected chi connectivity index (χ1v) is 7.80. The molecule has 0 unspecified atom stereocenters.